The first kappa shape index (κ1) is 12.8. The molecule has 1 fully saturated rings. The van der Waals surface area contributed by atoms with Crippen molar-refractivity contribution in [1.29, 1.82) is 0 Å². The Morgan fingerprint density at radius 1 is 1.44 bits per heavy atom. The molecule has 18 heavy (non-hydrogen) atoms. The van der Waals surface area contributed by atoms with Crippen molar-refractivity contribution in [2.75, 3.05) is 13.2 Å². The highest BCUT2D eigenvalue weighted by atomic mass is 16.6. The lowest BCUT2D eigenvalue weighted by atomic mass is 10.1. The minimum Gasteiger partial charge on any atom is -0.460 e. The van der Waals surface area contributed by atoms with Crippen molar-refractivity contribution in [3.63, 3.8) is 0 Å². The van der Waals surface area contributed by atoms with E-state index < -0.39 is 5.97 Å². The molecule has 0 radical (unpaired) electrons. The van der Waals surface area contributed by atoms with Crippen LogP contribution in [0.1, 0.15) is 18.6 Å². The Morgan fingerprint density at radius 3 is 2.83 bits per heavy atom. The number of epoxide rings is 1. The van der Waals surface area contributed by atoms with Crippen molar-refractivity contribution in [1.82, 2.24) is 0 Å². The van der Waals surface area contributed by atoms with Gasteiger partial charge in [-0.1, -0.05) is 30.3 Å². The molecular weight excluding hydrogens is 232 g/mol. The Morgan fingerprint density at radius 2 is 2.17 bits per heavy atom. The molecule has 1 saturated heterocycles. The van der Waals surface area contributed by atoms with Crippen LogP contribution in [-0.4, -0.2) is 30.4 Å². The lowest BCUT2D eigenvalue weighted by Crippen LogP contribution is -2.09. The third kappa shape index (κ3) is 3.18. The third-order valence-electron chi connectivity index (χ3n) is 2.71. The Kier molecular flexibility index (Phi) is 4.12. The second-order valence-corrected chi connectivity index (χ2v) is 4.14. The molecule has 0 spiro atoms. The molecule has 0 saturated carbocycles. The maximum absolute atomic E-state index is 11.5. The largest absolute Gasteiger partial charge is 0.460 e. The van der Waals surface area contributed by atoms with E-state index in [4.69, 9.17) is 14.6 Å². The Bertz CT molecular complexity index is 438. The zero-order valence-electron chi connectivity index (χ0n) is 10.2. The Hall–Kier alpha value is -1.65. The average Bonchev–Trinajstić information content (AvgIpc) is 3.16. The van der Waals surface area contributed by atoms with Crippen molar-refractivity contribution < 1.29 is 19.4 Å². The maximum Gasteiger partial charge on any atom is 0.333 e. The molecule has 4 nitrogen and oxygen atoms in total. The molecule has 1 aliphatic heterocycles. The van der Waals surface area contributed by atoms with Crippen LogP contribution in [0.5, 0.6) is 0 Å². The zero-order valence-corrected chi connectivity index (χ0v) is 10.2. The van der Waals surface area contributed by atoms with Crippen LogP contribution in [-0.2, 0) is 14.3 Å². The molecule has 1 heterocycles. The van der Waals surface area contributed by atoms with Crippen LogP contribution in [0.4, 0.5) is 0 Å². The van der Waals surface area contributed by atoms with Crippen LogP contribution in [0, 0.1) is 0 Å². The minimum atomic E-state index is -0.411. The number of esters is 1. The van der Waals surface area contributed by atoms with E-state index in [0.717, 1.165) is 5.56 Å². The van der Waals surface area contributed by atoms with E-state index in [0.29, 0.717) is 5.57 Å². The van der Waals surface area contributed by atoms with Crippen LogP contribution in [0.3, 0.4) is 0 Å². The van der Waals surface area contributed by atoms with Gasteiger partial charge in [0.25, 0.3) is 0 Å². The highest BCUT2D eigenvalue weighted by Crippen LogP contribution is 2.39. The van der Waals surface area contributed by atoms with Gasteiger partial charge in [-0.15, -0.1) is 0 Å². The van der Waals surface area contributed by atoms with E-state index in [2.05, 4.69) is 0 Å². The number of carbonyl (C=O) groups excluding carboxylic acids is 1. The number of ether oxygens (including phenoxy) is 2. The van der Waals surface area contributed by atoms with Gasteiger partial charge in [0, 0.05) is 5.57 Å². The van der Waals surface area contributed by atoms with Gasteiger partial charge in [-0.05, 0) is 18.6 Å². The molecule has 0 bridgehead atoms. The SMILES string of the molecule is CC(=CC1OC1c1ccccc1)C(=O)OCCO. The van der Waals surface area contributed by atoms with E-state index in [1.165, 1.54) is 0 Å². The summed E-state index contributed by atoms with van der Waals surface area (Å²) in [5.41, 5.74) is 1.61. The minimum absolute atomic E-state index is 0.0254. The van der Waals surface area contributed by atoms with E-state index >= 15 is 0 Å². The summed E-state index contributed by atoms with van der Waals surface area (Å²) in [6.07, 6.45) is 1.73. The van der Waals surface area contributed by atoms with Gasteiger partial charge in [0.15, 0.2) is 0 Å². The summed E-state index contributed by atoms with van der Waals surface area (Å²) in [5, 5.41) is 8.56. The van der Waals surface area contributed by atoms with E-state index in [9.17, 15) is 4.79 Å². The third-order valence-corrected chi connectivity index (χ3v) is 2.71. The van der Waals surface area contributed by atoms with Gasteiger partial charge in [-0.3, -0.25) is 0 Å². The highest BCUT2D eigenvalue weighted by Gasteiger charge is 2.38. The molecular formula is C14H16O4. The molecule has 1 aliphatic rings. The van der Waals surface area contributed by atoms with Crippen LogP contribution >= 0.6 is 0 Å². The molecule has 96 valence electrons. The van der Waals surface area contributed by atoms with Crippen LogP contribution < -0.4 is 0 Å². The van der Waals surface area contributed by atoms with Crippen molar-refractivity contribution in [2.24, 2.45) is 0 Å². The number of hydrogen-bond acceptors (Lipinski definition) is 4. The molecule has 2 rings (SSSR count). The number of aliphatic hydroxyl groups is 1. The number of hydrogen-bond donors (Lipinski definition) is 1. The summed E-state index contributed by atoms with van der Waals surface area (Å²) in [7, 11) is 0. The fourth-order valence-corrected chi connectivity index (χ4v) is 1.73. The molecule has 2 atom stereocenters. The van der Waals surface area contributed by atoms with Gasteiger partial charge in [0.2, 0.25) is 0 Å². The average molecular weight is 248 g/mol. The fraction of sp³-hybridized carbons (Fsp3) is 0.357. The van der Waals surface area contributed by atoms with Crippen LogP contribution in [0.2, 0.25) is 0 Å². The molecule has 1 aromatic rings. The standard InChI is InChI=1S/C14H16O4/c1-10(14(16)17-8-7-15)9-12-13(18-12)11-5-3-2-4-6-11/h2-6,9,12-13,15H,7-8H2,1H3. The fourth-order valence-electron chi connectivity index (χ4n) is 1.73. The quantitative estimate of drug-likeness (QED) is 0.488. The predicted molar refractivity (Wildman–Crippen MR) is 65.9 cm³/mol. The predicted octanol–water partition coefficient (Wildman–Crippen LogP) is 1.61. The smallest absolute Gasteiger partial charge is 0.333 e. The molecule has 0 amide bonds. The number of carbonyl (C=O) groups is 1. The summed E-state index contributed by atoms with van der Waals surface area (Å²) in [4.78, 5) is 11.5. The normalized spacial score (nSPS) is 22.7. The van der Waals surface area contributed by atoms with Crippen molar-refractivity contribution >= 4 is 5.97 Å². The van der Waals surface area contributed by atoms with Crippen molar-refractivity contribution in [3.05, 3.63) is 47.5 Å². The van der Waals surface area contributed by atoms with E-state index in [-0.39, 0.29) is 25.4 Å². The lowest BCUT2D eigenvalue weighted by molar-refractivity contribution is -0.139. The van der Waals surface area contributed by atoms with Gasteiger partial charge in [0.1, 0.15) is 18.8 Å². The number of aliphatic hydroxyl groups excluding tert-OH is 1. The zero-order chi connectivity index (χ0) is 13.0. The summed E-state index contributed by atoms with van der Waals surface area (Å²) in [5.74, 6) is -0.411. The van der Waals surface area contributed by atoms with Gasteiger partial charge >= 0.3 is 5.97 Å². The molecule has 2 unspecified atom stereocenters. The first-order valence-electron chi connectivity index (χ1n) is 5.89. The van der Waals surface area contributed by atoms with Crippen molar-refractivity contribution in [3.8, 4) is 0 Å². The first-order chi connectivity index (χ1) is 8.72. The van der Waals surface area contributed by atoms with E-state index in [1.807, 2.05) is 30.3 Å². The Labute approximate surface area is 106 Å². The molecule has 1 N–H and O–H groups in total. The van der Waals surface area contributed by atoms with Crippen LogP contribution in [0.25, 0.3) is 0 Å². The van der Waals surface area contributed by atoms with Crippen molar-refractivity contribution in [2.45, 2.75) is 19.1 Å². The molecule has 0 aliphatic carbocycles. The molecule has 1 aromatic carbocycles. The summed E-state index contributed by atoms with van der Waals surface area (Å²) >= 11 is 0. The second kappa shape index (κ2) is 5.80. The number of benzene rings is 1. The monoisotopic (exact) mass is 248 g/mol. The first-order valence-corrected chi connectivity index (χ1v) is 5.89. The summed E-state index contributed by atoms with van der Waals surface area (Å²) in [6.45, 7) is 1.55. The highest BCUT2D eigenvalue weighted by molar-refractivity contribution is 5.87. The molecule has 4 heteroatoms. The van der Waals surface area contributed by atoms with Gasteiger partial charge in [-0.25, -0.2) is 4.79 Å². The van der Waals surface area contributed by atoms with Crippen LogP contribution in [0.15, 0.2) is 42.0 Å². The topological polar surface area (TPSA) is 59.1 Å². The lowest BCUT2D eigenvalue weighted by Gasteiger charge is -2.01. The Balaban J connectivity index is 1.90. The molecule has 0 aromatic heterocycles. The van der Waals surface area contributed by atoms with Gasteiger partial charge in [0.05, 0.1) is 6.61 Å². The van der Waals surface area contributed by atoms with E-state index in [1.54, 1.807) is 13.0 Å². The summed E-state index contributed by atoms with van der Waals surface area (Å²) in [6, 6.07) is 9.87. The number of rotatable bonds is 5. The summed E-state index contributed by atoms with van der Waals surface area (Å²) < 4.78 is 10.3. The van der Waals surface area contributed by atoms with Gasteiger partial charge < -0.3 is 14.6 Å². The maximum atomic E-state index is 11.5. The van der Waals surface area contributed by atoms with Gasteiger partial charge in [-0.2, -0.15) is 0 Å². The second-order valence-electron chi connectivity index (χ2n) is 4.14.